The van der Waals surface area contributed by atoms with Gasteiger partial charge in [0.25, 0.3) is 0 Å². The van der Waals surface area contributed by atoms with Gasteiger partial charge in [-0.1, -0.05) is 133 Å². The molecule has 0 unspecified atom stereocenters. The van der Waals surface area contributed by atoms with Crippen LogP contribution in [0.4, 0.5) is 0 Å². The molecule has 0 fully saturated rings. The monoisotopic (exact) mass is 824 g/mol. The van der Waals surface area contributed by atoms with Crippen LogP contribution in [0.2, 0.25) is 0 Å². The summed E-state index contributed by atoms with van der Waals surface area (Å²) in [6, 6.07) is 49.5. The fourth-order valence-electron chi connectivity index (χ4n) is 7.16. The second-order valence-corrected chi connectivity index (χ2v) is 19.7. The zero-order valence-corrected chi connectivity index (χ0v) is 34.6. The van der Waals surface area contributed by atoms with E-state index >= 15 is 0 Å². The predicted octanol–water partition coefficient (Wildman–Crippen LogP) is 11.8. The zero-order chi connectivity index (χ0) is 35.6. The van der Waals surface area contributed by atoms with Crippen LogP contribution < -0.4 is 21.2 Å². The number of aryl methyl sites for hydroxylation is 4. The van der Waals surface area contributed by atoms with E-state index < -0.39 is 15.8 Å². The van der Waals surface area contributed by atoms with Gasteiger partial charge in [0.1, 0.15) is 0 Å². The van der Waals surface area contributed by atoms with Gasteiger partial charge in [0.15, 0.2) is 0 Å². The molecule has 0 aliphatic heterocycles. The molecule has 0 spiro atoms. The molecule has 0 heterocycles. The van der Waals surface area contributed by atoms with Gasteiger partial charge in [-0.3, -0.25) is 0 Å². The van der Waals surface area contributed by atoms with Gasteiger partial charge in [-0.15, -0.1) is 0 Å². The summed E-state index contributed by atoms with van der Waals surface area (Å²) in [6.45, 7) is 14.0. The van der Waals surface area contributed by atoms with E-state index in [2.05, 4.69) is 175 Å². The van der Waals surface area contributed by atoms with Crippen molar-refractivity contribution >= 4 is 56.1 Å². The van der Waals surface area contributed by atoms with Gasteiger partial charge >= 0.3 is 35.0 Å². The molecule has 0 aliphatic rings. The van der Waals surface area contributed by atoms with Crippen molar-refractivity contribution in [2.24, 2.45) is 0 Å². The fourth-order valence-corrected chi connectivity index (χ4v) is 12.2. The molecule has 0 atom stereocenters. The first-order valence-corrected chi connectivity index (χ1v) is 24.0. The van der Waals surface area contributed by atoms with Crippen molar-refractivity contribution in [1.29, 1.82) is 0 Å². The minimum absolute atomic E-state index is 0.106. The van der Waals surface area contributed by atoms with Crippen LogP contribution in [0.5, 0.6) is 0 Å². The van der Waals surface area contributed by atoms with E-state index in [0.29, 0.717) is 0 Å². The molecule has 0 nitrogen and oxygen atoms in total. The van der Waals surface area contributed by atoms with Crippen molar-refractivity contribution in [3.8, 4) is 0 Å². The quantitative estimate of drug-likeness (QED) is 0.0953. The Morgan fingerprint density at radius 1 is 0.400 bits per heavy atom. The molecule has 6 aromatic carbocycles. The van der Waals surface area contributed by atoms with Gasteiger partial charge in [0.05, 0.1) is 0 Å². The standard InChI is InChI=1S/C45H46P2.2ClH.Pd/c1-32-27-34(3)44(30-46(38-19-11-7-12-20-38)39-21-13-8-14-22-39)36(5)42(32)29-43-33(2)28-35(4)45(37(43)6)31-47(40-23-15-9-16-24-40)41-25-17-10-18-26-41;;;/h7-28H,29-31H2,1-6H3;2*1H;/q;;;+2/p-2. The molecule has 5 heteroatoms. The number of benzene rings is 6. The maximum absolute atomic E-state index is 4.81. The Hall–Kier alpha value is -2.58. The second-order valence-electron chi connectivity index (χ2n) is 12.9. The summed E-state index contributed by atoms with van der Waals surface area (Å²) in [4.78, 5) is 0. The van der Waals surface area contributed by atoms with E-state index in [1.54, 1.807) is 0 Å². The fraction of sp³-hybridized carbons (Fsp3) is 0.200. The van der Waals surface area contributed by atoms with Crippen LogP contribution in [0.1, 0.15) is 55.6 Å². The summed E-state index contributed by atoms with van der Waals surface area (Å²) >= 11 is -0.106. The van der Waals surface area contributed by atoms with Crippen molar-refractivity contribution in [3.05, 3.63) is 189 Å². The Bertz CT molecular complexity index is 1760. The molecule has 6 rings (SSSR count). The van der Waals surface area contributed by atoms with Crippen LogP contribution in [-0.4, -0.2) is 0 Å². The van der Waals surface area contributed by atoms with Gasteiger partial charge in [-0.2, -0.15) is 0 Å². The van der Waals surface area contributed by atoms with E-state index in [0.717, 1.165) is 18.7 Å². The number of hydrogen-bond donors (Lipinski definition) is 0. The van der Waals surface area contributed by atoms with Crippen molar-refractivity contribution in [2.75, 3.05) is 0 Å². The molecule has 0 bridgehead atoms. The maximum atomic E-state index is 4.81. The molecule has 260 valence electrons. The molecule has 0 aliphatic carbocycles. The van der Waals surface area contributed by atoms with Crippen molar-refractivity contribution in [1.82, 2.24) is 0 Å². The molecule has 0 radical (unpaired) electrons. The average Bonchev–Trinajstić information content (AvgIpc) is 3.13. The van der Waals surface area contributed by atoms with Gasteiger partial charge < -0.3 is 0 Å². The van der Waals surface area contributed by atoms with Crippen LogP contribution in [0.15, 0.2) is 133 Å². The van der Waals surface area contributed by atoms with E-state index in [-0.39, 0.29) is 15.9 Å². The van der Waals surface area contributed by atoms with Gasteiger partial charge in [0, 0.05) is 12.3 Å². The molecule has 50 heavy (non-hydrogen) atoms. The Labute approximate surface area is 319 Å². The van der Waals surface area contributed by atoms with Crippen LogP contribution in [0.25, 0.3) is 0 Å². The normalized spacial score (nSPS) is 11.2. The Balaban J connectivity index is 0.00000156. The van der Waals surface area contributed by atoms with Crippen molar-refractivity contribution < 1.29 is 15.9 Å². The average molecular weight is 826 g/mol. The Morgan fingerprint density at radius 2 is 0.640 bits per heavy atom. The van der Waals surface area contributed by atoms with E-state index in [1.165, 1.54) is 76.9 Å². The summed E-state index contributed by atoms with van der Waals surface area (Å²) in [7, 11) is 8.60. The zero-order valence-electron chi connectivity index (χ0n) is 29.8. The molecule has 0 N–H and O–H groups in total. The van der Waals surface area contributed by atoms with Crippen molar-refractivity contribution in [3.63, 3.8) is 0 Å². The molecule has 0 amide bonds. The molecule has 0 saturated heterocycles. The van der Waals surface area contributed by atoms with E-state index in [4.69, 9.17) is 19.1 Å². The summed E-state index contributed by atoms with van der Waals surface area (Å²) in [5.74, 6) is 0. The Morgan fingerprint density at radius 3 is 0.900 bits per heavy atom. The summed E-state index contributed by atoms with van der Waals surface area (Å²) in [6.07, 6.45) is 3.09. The minimum atomic E-state index is -0.515. The molecule has 0 saturated carbocycles. The first-order valence-electron chi connectivity index (χ1n) is 17.0. The van der Waals surface area contributed by atoms with Gasteiger partial charge in [-0.05, 0) is 141 Å². The first kappa shape index (κ1) is 38.6. The third-order valence-corrected chi connectivity index (χ3v) is 14.8. The SMILES string of the molecule is Cc1cc(C)c(CP(c2ccccc2)c2ccccc2)c(C)c1Cc1c(C)cc(C)c(CP(c2ccccc2)c2ccccc2)c1C.[Cl][Pd][Cl]. The number of rotatable bonds is 10. The first-order chi connectivity index (χ1) is 24.2. The number of hydrogen-bond acceptors (Lipinski definition) is 0. The molecule has 6 aromatic rings. The van der Waals surface area contributed by atoms with E-state index in [1.807, 2.05) is 0 Å². The van der Waals surface area contributed by atoms with Crippen LogP contribution in [0.3, 0.4) is 0 Å². The summed E-state index contributed by atoms with van der Waals surface area (Å²) < 4.78 is 0. The van der Waals surface area contributed by atoms with Gasteiger partial charge in [0.2, 0.25) is 0 Å². The molecular formula is C45H46Cl2P2Pd. The molecule has 0 aromatic heterocycles. The number of halogens is 2. The third-order valence-electron chi connectivity index (χ3n) is 9.84. The summed E-state index contributed by atoms with van der Waals surface area (Å²) in [5, 5.41) is 5.77. The van der Waals surface area contributed by atoms with Crippen LogP contribution >= 0.6 is 34.9 Å². The third kappa shape index (κ3) is 9.44. The van der Waals surface area contributed by atoms with Crippen LogP contribution in [-0.2, 0) is 34.7 Å². The van der Waals surface area contributed by atoms with Crippen molar-refractivity contribution in [2.45, 2.75) is 60.3 Å². The second kappa shape index (κ2) is 18.8. The van der Waals surface area contributed by atoms with Gasteiger partial charge in [-0.25, -0.2) is 0 Å². The summed E-state index contributed by atoms with van der Waals surface area (Å²) in [5.41, 5.74) is 14.6. The Kier molecular flexibility index (Phi) is 14.5. The van der Waals surface area contributed by atoms with Crippen LogP contribution in [0, 0.1) is 41.5 Å². The molecular weight excluding hydrogens is 780 g/mol. The topological polar surface area (TPSA) is 0 Å². The van der Waals surface area contributed by atoms with E-state index in [9.17, 15) is 0 Å². The predicted molar refractivity (Wildman–Crippen MR) is 221 cm³/mol.